The zero-order chi connectivity index (χ0) is 23.0. The average molecular weight is 488 g/mol. The van der Waals surface area contributed by atoms with Crippen LogP contribution >= 0.6 is 23.4 Å². The quantitative estimate of drug-likeness (QED) is 0.534. The van der Waals surface area contributed by atoms with Crippen molar-refractivity contribution in [2.24, 2.45) is 5.92 Å². The summed E-state index contributed by atoms with van der Waals surface area (Å²) in [5, 5.41) is 11.0. The first kappa shape index (κ1) is 23.2. The lowest BCUT2D eigenvalue weighted by Crippen LogP contribution is -2.34. The van der Waals surface area contributed by atoms with Gasteiger partial charge in [0.05, 0.1) is 15.8 Å². The second-order valence-corrected chi connectivity index (χ2v) is 10.2. The summed E-state index contributed by atoms with van der Waals surface area (Å²) in [6.45, 7) is 5.83. The van der Waals surface area contributed by atoms with Crippen LogP contribution in [0.15, 0.2) is 23.4 Å². The summed E-state index contributed by atoms with van der Waals surface area (Å²) in [6, 6.07) is 3.67. The Hall–Kier alpha value is -1.94. The topological polar surface area (TPSA) is 63.1 Å². The third kappa shape index (κ3) is 5.17. The van der Waals surface area contributed by atoms with Gasteiger partial charge in [0.25, 0.3) is 0 Å². The Bertz CT molecular complexity index is 986. The highest BCUT2D eigenvalue weighted by molar-refractivity contribution is 8.00. The van der Waals surface area contributed by atoms with E-state index in [2.05, 4.69) is 31.9 Å². The van der Waals surface area contributed by atoms with Gasteiger partial charge >= 0.3 is 6.18 Å². The van der Waals surface area contributed by atoms with Crippen molar-refractivity contribution in [3.05, 3.63) is 28.8 Å². The van der Waals surface area contributed by atoms with Crippen molar-refractivity contribution in [1.29, 1.82) is 0 Å². The molecule has 1 N–H and O–H groups in total. The molecule has 1 saturated heterocycles. The Kier molecular flexibility index (Phi) is 6.63. The first-order chi connectivity index (χ1) is 15.1. The van der Waals surface area contributed by atoms with Crippen molar-refractivity contribution in [3.8, 4) is 0 Å². The molecule has 2 aliphatic rings. The fourth-order valence-corrected chi connectivity index (χ4v) is 4.84. The molecule has 6 nitrogen and oxygen atoms in total. The largest absolute Gasteiger partial charge is 0.417 e. The molecule has 1 aliphatic heterocycles. The van der Waals surface area contributed by atoms with Crippen LogP contribution in [0.4, 0.5) is 24.8 Å². The molecule has 1 saturated carbocycles. The van der Waals surface area contributed by atoms with Crippen LogP contribution in [-0.2, 0) is 11.0 Å². The molecular formula is C21H25ClF3N5OS. The van der Waals surface area contributed by atoms with Crippen molar-refractivity contribution < 1.29 is 18.0 Å². The first-order valence-corrected chi connectivity index (χ1v) is 11.9. The van der Waals surface area contributed by atoms with Crippen LogP contribution in [0.5, 0.6) is 0 Å². The molecule has 1 amide bonds. The van der Waals surface area contributed by atoms with Gasteiger partial charge in [0.1, 0.15) is 0 Å². The van der Waals surface area contributed by atoms with Crippen molar-refractivity contribution >= 4 is 40.9 Å². The van der Waals surface area contributed by atoms with Crippen LogP contribution < -0.4 is 10.2 Å². The monoisotopic (exact) mass is 487 g/mol. The molecule has 174 valence electrons. The predicted octanol–water partition coefficient (Wildman–Crippen LogP) is 5.64. The zero-order valence-corrected chi connectivity index (χ0v) is 19.4. The molecule has 1 unspecified atom stereocenters. The number of aromatic nitrogens is 3. The van der Waals surface area contributed by atoms with E-state index in [-0.39, 0.29) is 5.69 Å². The minimum Gasteiger partial charge on any atom is -0.341 e. The fourth-order valence-electron chi connectivity index (χ4n) is 3.70. The third-order valence-electron chi connectivity index (χ3n) is 5.82. The summed E-state index contributed by atoms with van der Waals surface area (Å²) in [6.07, 6.45) is -0.274. The number of carbonyl (C=O) groups excluding carboxylic acids is 1. The number of hydrogen-bond donors (Lipinski definition) is 1. The van der Waals surface area contributed by atoms with Crippen molar-refractivity contribution in [2.45, 2.75) is 62.2 Å². The summed E-state index contributed by atoms with van der Waals surface area (Å²) >= 11 is 6.92. The van der Waals surface area contributed by atoms with E-state index in [1.54, 1.807) is 6.92 Å². The molecule has 0 bridgehead atoms. The number of anilines is 2. The SMILES string of the molecule is CC1CCN(c2nnc(SC(C)C(=O)Nc3ccc(Cl)c(C(F)(F)F)c3)n2C2CC2)CC1. The fraction of sp³-hybridized carbons (Fsp3) is 0.571. The molecule has 32 heavy (non-hydrogen) atoms. The predicted molar refractivity (Wildman–Crippen MR) is 119 cm³/mol. The van der Waals surface area contributed by atoms with Crippen LogP contribution in [0.1, 0.15) is 51.1 Å². The molecule has 0 radical (unpaired) electrons. The number of benzene rings is 1. The Morgan fingerprint density at radius 1 is 1.22 bits per heavy atom. The van der Waals surface area contributed by atoms with Gasteiger partial charge in [0.2, 0.25) is 11.9 Å². The van der Waals surface area contributed by atoms with E-state index in [0.29, 0.717) is 17.1 Å². The number of hydrogen-bond acceptors (Lipinski definition) is 5. The smallest absolute Gasteiger partial charge is 0.341 e. The van der Waals surface area contributed by atoms with Gasteiger partial charge in [-0.1, -0.05) is 30.3 Å². The molecule has 2 fully saturated rings. The molecular weight excluding hydrogens is 463 g/mol. The first-order valence-electron chi connectivity index (χ1n) is 10.7. The van der Waals surface area contributed by atoms with Gasteiger partial charge in [-0.3, -0.25) is 9.36 Å². The molecule has 4 rings (SSSR count). The van der Waals surface area contributed by atoms with Crippen molar-refractivity contribution in [2.75, 3.05) is 23.3 Å². The second-order valence-electron chi connectivity index (χ2n) is 8.50. The average Bonchev–Trinajstić information content (AvgIpc) is 3.49. The van der Waals surface area contributed by atoms with Gasteiger partial charge in [-0.05, 0) is 56.7 Å². The number of thioether (sulfide) groups is 1. The molecule has 2 heterocycles. The highest BCUT2D eigenvalue weighted by Gasteiger charge is 2.35. The summed E-state index contributed by atoms with van der Waals surface area (Å²) in [4.78, 5) is 14.9. The van der Waals surface area contributed by atoms with Crippen LogP contribution in [0.2, 0.25) is 5.02 Å². The lowest BCUT2D eigenvalue weighted by molar-refractivity contribution is -0.137. The minimum atomic E-state index is -4.60. The third-order valence-corrected chi connectivity index (χ3v) is 7.20. The molecule has 1 aromatic carbocycles. The lowest BCUT2D eigenvalue weighted by atomic mass is 10.00. The Morgan fingerprint density at radius 3 is 2.53 bits per heavy atom. The Balaban J connectivity index is 1.46. The molecule has 11 heteroatoms. The summed E-state index contributed by atoms with van der Waals surface area (Å²) in [7, 11) is 0. The molecule has 0 spiro atoms. The van der Waals surface area contributed by atoms with Gasteiger partial charge in [-0.15, -0.1) is 10.2 Å². The van der Waals surface area contributed by atoms with Crippen LogP contribution in [0.25, 0.3) is 0 Å². The van der Waals surface area contributed by atoms with Gasteiger partial charge in [0.15, 0.2) is 5.16 Å². The van der Waals surface area contributed by atoms with E-state index in [0.717, 1.165) is 56.9 Å². The van der Waals surface area contributed by atoms with E-state index in [4.69, 9.17) is 11.6 Å². The maximum atomic E-state index is 13.1. The number of alkyl halides is 3. The highest BCUT2D eigenvalue weighted by Crippen LogP contribution is 2.42. The summed E-state index contributed by atoms with van der Waals surface area (Å²) < 4.78 is 41.4. The normalized spacial score (nSPS) is 18.6. The van der Waals surface area contributed by atoms with Crippen molar-refractivity contribution in [3.63, 3.8) is 0 Å². The second kappa shape index (κ2) is 9.13. The number of nitrogens with zero attached hydrogens (tertiary/aromatic N) is 4. The van der Waals surface area contributed by atoms with Gasteiger partial charge in [-0.25, -0.2) is 0 Å². The van der Waals surface area contributed by atoms with Crippen LogP contribution in [0.3, 0.4) is 0 Å². The zero-order valence-electron chi connectivity index (χ0n) is 17.8. The van der Waals surface area contributed by atoms with E-state index >= 15 is 0 Å². The highest BCUT2D eigenvalue weighted by atomic mass is 35.5. The summed E-state index contributed by atoms with van der Waals surface area (Å²) in [5.41, 5.74) is -0.933. The van der Waals surface area contributed by atoms with Crippen LogP contribution in [-0.4, -0.2) is 39.0 Å². The van der Waals surface area contributed by atoms with E-state index in [9.17, 15) is 18.0 Å². The Morgan fingerprint density at radius 2 is 1.91 bits per heavy atom. The van der Waals surface area contributed by atoms with E-state index in [1.165, 1.54) is 17.8 Å². The molecule has 1 aromatic heterocycles. The Labute approximate surface area is 193 Å². The maximum Gasteiger partial charge on any atom is 0.417 e. The number of carbonyl (C=O) groups is 1. The van der Waals surface area contributed by atoms with Crippen molar-refractivity contribution in [1.82, 2.24) is 14.8 Å². The molecule has 1 aliphatic carbocycles. The van der Waals surface area contributed by atoms with Gasteiger partial charge in [-0.2, -0.15) is 13.2 Å². The number of rotatable bonds is 6. The minimum absolute atomic E-state index is 0.0472. The number of nitrogens with one attached hydrogen (secondary N) is 1. The van der Waals surface area contributed by atoms with Gasteiger partial charge in [0, 0.05) is 24.8 Å². The lowest BCUT2D eigenvalue weighted by Gasteiger charge is -2.31. The van der Waals surface area contributed by atoms with E-state index in [1.807, 2.05) is 0 Å². The van der Waals surface area contributed by atoms with Crippen LogP contribution in [0, 0.1) is 5.92 Å². The standard InChI is InChI=1S/C21H25ClF3N5OS/c1-12-7-9-29(10-8-12)19-27-28-20(30(19)15-4-5-15)32-13(2)18(31)26-14-3-6-17(22)16(11-14)21(23,24)25/h3,6,11-13,15H,4-5,7-10H2,1-2H3,(H,26,31). The maximum absolute atomic E-state index is 13.1. The molecule has 2 aromatic rings. The van der Waals surface area contributed by atoms with Gasteiger partial charge < -0.3 is 10.2 Å². The number of piperidine rings is 1. The number of halogens is 4. The summed E-state index contributed by atoms with van der Waals surface area (Å²) in [5.74, 6) is 1.14. The molecule has 1 atom stereocenters. The number of amides is 1. The van der Waals surface area contributed by atoms with E-state index < -0.39 is 27.9 Å².